The van der Waals surface area contributed by atoms with Crippen molar-refractivity contribution >= 4 is 5.91 Å². The molecule has 0 fully saturated rings. The number of hydrogen-bond donors (Lipinski definition) is 1. The Morgan fingerprint density at radius 2 is 2.10 bits per heavy atom. The maximum absolute atomic E-state index is 13.3. The molecule has 0 saturated heterocycles. The third-order valence-electron chi connectivity index (χ3n) is 2.94. The average molecular weight is 276 g/mol. The molecular formula is C14H17FN4O. The van der Waals surface area contributed by atoms with Crippen molar-refractivity contribution in [2.75, 3.05) is 14.1 Å². The van der Waals surface area contributed by atoms with E-state index < -0.39 is 0 Å². The second-order valence-corrected chi connectivity index (χ2v) is 4.84. The lowest BCUT2D eigenvalue weighted by Crippen LogP contribution is -2.22. The SMILES string of the molecule is C[C@@H](N)c1cc(F)ccc1-n1ccc(C(=O)N(C)C)n1. The first-order valence-electron chi connectivity index (χ1n) is 6.23. The van der Waals surface area contributed by atoms with E-state index >= 15 is 0 Å². The topological polar surface area (TPSA) is 64.2 Å². The fraction of sp³-hybridized carbons (Fsp3) is 0.286. The second-order valence-electron chi connectivity index (χ2n) is 4.84. The summed E-state index contributed by atoms with van der Waals surface area (Å²) in [6.07, 6.45) is 1.66. The number of benzene rings is 1. The summed E-state index contributed by atoms with van der Waals surface area (Å²) in [7, 11) is 3.32. The van der Waals surface area contributed by atoms with Crippen molar-refractivity contribution in [2.45, 2.75) is 13.0 Å². The number of rotatable bonds is 3. The first-order valence-corrected chi connectivity index (χ1v) is 6.23. The van der Waals surface area contributed by atoms with Crippen LogP contribution in [0.25, 0.3) is 5.69 Å². The van der Waals surface area contributed by atoms with Crippen molar-refractivity contribution in [1.29, 1.82) is 0 Å². The highest BCUT2D eigenvalue weighted by molar-refractivity contribution is 5.91. The van der Waals surface area contributed by atoms with Crippen LogP contribution >= 0.6 is 0 Å². The zero-order valence-electron chi connectivity index (χ0n) is 11.7. The van der Waals surface area contributed by atoms with Crippen molar-refractivity contribution in [3.63, 3.8) is 0 Å². The Kier molecular flexibility index (Phi) is 3.85. The minimum Gasteiger partial charge on any atom is -0.343 e. The van der Waals surface area contributed by atoms with Crippen LogP contribution in [0.5, 0.6) is 0 Å². The van der Waals surface area contributed by atoms with Gasteiger partial charge in [-0.05, 0) is 36.8 Å². The van der Waals surface area contributed by atoms with Crippen molar-refractivity contribution in [3.8, 4) is 5.69 Å². The summed E-state index contributed by atoms with van der Waals surface area (Å²) in [5, 5.41) is 4.22. The van der Waals surface area contributed by atoms with E-state index in [2.05, 4.69) is 5.10 Å². The summed E-state index contributed by atoms with van der Waals surface area (Å²) in [4.78, 5) is 13.3. The molecule has 1 atom stereocenters. The molecule has 1 heterocycles. The quantitative estimate of drug-likeness (QED) is 0.928. The van der Waals surface area contributed by atoms with Gasteiger partial charge < -0.3 is 10.6 Å². The van der Waals surface area contributed by atoms with Gasteiger partial charge in [0, 0.05) is 26.3 Å². The molecule has 0 aliphatic heterocycles. The summed E-state index contributed by atoms with van der Waals surface area (Å²) < 4.78 is 14.9. The Labute approximate surface area is 116 Å². The van der Waals surface area contributed by atoms with Gasteiger partial charge in [0.05, 0.1) is 5.69 Å². The van der Waals surface area contributed by atoms with Gasteiger partial charge in [0.25, 0.3) is 5.91 Å². The normalized spacial score (nSPS) is 12.2. The molecule has 2 rings (SSSR count). The predicted molar refractivity (Wildman–Crippen MR) is 74.1 cm³/mol. The molecule has 1 aromatic carbocycles. The van der Waals surface area contributed by atoms with Crippen molar-refractivity contribution in [3.05, 3.63) is 47.5 Å². The van der Waals surface area contributed by atoms with Gasteiger partial charge in [0.1, 0.15) is 5.82 Å². The molecule has 0 radical (unpaired) electrons. The number of hydrogen-bond acceptors (Lipinski definition) is 3. The van der Waals surface area contributed by atoms with E-state index in [0.29, 0.717) is 16.9 Å². The largest absolute Gasteiger partial charge is 0.343 e. The Morgan fingerprint density at radius 3 is 2.70 bits per heavy atom. The number of nitrogens with two attached hydrogens (primary N) is 1. The highest BCUT2D eigenvalue weighted by Crippen LogP contribution is 2.21. The fourth-order valence-electron chi connectivity index (χ4n) is 1.90. The first kappa shape index (κ1) is 14.2. The van der Waals surface area contributed by atoms with Crippen LogP contribution < -0.4 is 5.73 Å². The van der Waals surface area contributed by atoms with E-state index in [9.17, 15) is 9.18 Å². The maximum atomic E-state index is 13.3. The van der Waals surface area contributed by atoms with Gasteiger partial charge in [-0.3, -0.25) is 4.79 Å². The van der Waals surface area contributed by atoms with Gasteiger partial charge in [-0.1, -0.05) is 0 Å². The zero-order valence-corrected chi connectivity index (χ0v) is 11.7. The van der Waals surface area contributed by atoms with E-state index in [4.69, 9.17) is 5.73 Å². The van der Waals surface area contributed by atoms with Crippen LogP contribution in [0.4, 0.5) is 4.39 Å². The zero-order chi connectivity index (χ0) is 14.9. The summed E-state index contributed by atoms with van der Waals surface area (Å²) >= 11 is 0. The second kappa shape index (κ2) is 5.42. The lowest BCUT2D eigenvalue weighted by Gasteiger charge is -2.13. The first-order chi connectivity index (χ1) is 9.40. The van der Waals surface area contributed by atoms with Crippen molar-refractivity contribution in [1.82, 2.24) is 14.7 Å². The molecule has 20 heavy (non-hydrogen) atoms. The van der Waals surface area contributed by atoms with E-state index in [1.165, 1.54) is 21.7 Å². The number of halogens is 1. The maximum Gasteiger partial charge on any atom is 0.273 e. The van der Waals surface area contributed by atoms with Gasteiger partial charge >= 0.3 is 0 Å². The van der Waals surface area contributed by atoms with Gasteiger partial charge in [-0.15, -0.1) is 0 Å². The molecule has 106 valence electrons. The molecule has 2 N–H and O–H groups in total. The summed E-state index contributed by atoms with van der Waals surface area (Å²) in [5.41, 5.74) is 7.48. The molecular weight excluding hydrogens is 259 g/mol. The molecule has 6 heteroatoms. The lowest BCUT2D eigenvalue weighted by molar-refractivity contribution is 0.0821. The Bertz CT molecular complexity index is 634. The Morgan fingerprint density at radius 1 is 1.40 bits per heavy atom. The molecule has 0 aliphatic carbocycles. The molecule has 2 aromatic rings. The smallest absolute Gasteiger partial charge is 0.273 e. The third-order valence-corrected chi connectivity index (χ3v) is 2.94. The minimum atomic E-state index is -0.349. The molecule has 1 aromatic heterocycles. The van der Waals surface area contributed by atoms with E-state index in [0.717, 1.165) is 0 Å². The van der Waals surface area contributed by atoms with Crippen LogP contribution in [0.2, 0.25) is 0 Å². The van der Waals surface area contributed by atoms with Gasteiger partial charge in [-0.25, -0.2) is 9.07 Å². The molecule has 0 aliphatic rings. The van der Waals surface area contributed by atoms with Crippen LogP contribution in [-0.2, 0) is 0 Å². The van der Waals surface area contributed by atoms with Crippen LogP contribution in [0.1, 0.15) is 29.0 Å². The van der Waals surface area contributed by atoms with Crippen LogP contribution in [0.15, 0.2) is 30.5 Å². The number of aromatic nitrogens is 2. The third kappa shape index (κ3) is 2.70. The highest BCUT2D eigenvalue weighted by atomic mass is 19.1. The monoisotopic (exact) mass is 276 g/mol. The van der Waals surface area contributed by atoms with Crippen molar-refractivity contribution in [2.24, 2.45) is 5.73 Å². The van der Waals surface area contributed by atoms with Crippen LogP contribution in [0.3, 0.4) is 0 Å². The van der Waals surface area contributed by atoms with Gasteiger partial charge in [-0.2, -0.15) is 5.10 Å². The van der Waals surface area contributed by atoms with Gasteiger partial charge in [0.2, 0.25) is 0 Å². The fourth-order valence-corrected chi connectivity index (χ4v) is 1.90. The predicted octanol–water partition coefficient (Wildman–Crippen LogP) is 1.73. The molecule has 0 saturated carbocycles. The van der Waals surface area contributed by atoms with Crippen LogP contribution in [0, 0.1) is 5.82 Å². The molecule has 0 unspecified atom stereocenters. The molecule has 1 amide bonds. The lowest BCUT2D eigenvalue weighted by atomic mass is 10.1. The van der Waals surface area contributed by atoms with E-state index in [1.54, 1.807) is 39.3 Å². The molecule has 0 bridgehead atoms. The number of carbonyl (C=O) groups is 1. The Balaban J connectivity index is 2.45. The van der Waals surface area contributed by atoms with Gasteiger partial charge in [0.15, 0.2) is 5.69 Å². The average Bonchev–Trinajstić information content (AvgIpc) is 2.86. The van der Waals surface area contributed by atoms with Crippen LogP contribution in [-0.4, -0.2) is 34.7 Å². The summed E-state index contributed by atoms with van der Waals surface area (Å²) in [5.74, 6) is -0.536. The van der Waals surface area contributed by atoms with E-state index in [-0.39, 0.29) is 17.8 Å². The number of carbonyl (C=O) groups excluding carboxylic acids is 1. The van der Waals surface area contributed by atoms with E-state index in [1.807, 2.05) is 0 Å². The summed E-state index contributed by atoms with van der Waals surface area (Å²) in [6, 6.07) is 5.62. The minimum absolute atomic E-state index is 0.187. The van der Waals surface area contributed by atoms with Crippen molar-refractivity contribution < 1.29 is 9.18 Å². The number of amides is 1. The molecule has 0 spiro atoms. The highest BCUT2D eigenvalue weighted by Gasteiger charge is 2.15. The molecule has 5 nitrogen and oxygen atoms in total. The Hall–Kier alpha value is -2.21. The standard InChI is InChI=1S/C14H17FN4O/c1-9(16)11-8-10(15)4-5-13(11)19-7-6-12(17-19)14(20)18(2)3/h4-9H,16H2,1-3H3/t9-/m1/s1. The summed E-state index contributed by atoms with van der Waals surface area (Å²) in [6.45, 7) is 1.77. The number of nitrogens with zero attached hydrogens (tertiary/aromatic N) is 3.